The van der Waals surface area contributed by atoms with Crippen LogP contribution in [0, 0.1) is 29.5 Å². The van der Waals surface area contributed by atoms with Crippen molar-refractivity contribution >= 4 is 23.9 Å². The topological polar surface area (TPSA) is 117 Å². The lowest BCUT2D eigenvalue weighted by Crippen LogP contribution is -2.70. The summed E-state index contributed by atoms with van der Waals surface area (Å²) in [6, 6.07) is 11.4. The molecule has 2 aromatic rings. The molecule has 4 heterocycles. The molecule has 7 rings (SSSR count). The second-order valence-electron chi connectivity index (χ2n) is 11.6. The summed E-state index contributed by atoms with van der Waals surface area (Å²) in [6.07, 6.45) is 3.54. The number of hydrogen-bond donors (Lipinski definition) is 2. The first-order valence-electron chi connectivity index (χ1n) is 14.0. The van der Waals surface area contributed by atoms with Crippen molar-refractivity contribution in [1.82, 2.24) is 5.43 Å². The van der Waals surface area contributed by atoms with Crippen molar-refractivity contribution in [3.8, 4) is 0 Å². The number of amides is 2. The summed E-state index contributed by atoms with van der Waals surface area (Å²) in [5.74, 6) is -1.22. The molecule has 4 saturated heterocycles. The summed E-state index contributed by atoms with van der Waals surface area (Å²) in [7, 11) is 0. The number of hydrogen-bond acceptors (Lipinski definition) is 8. The monoisotopic (exact) mass is 567 g/mol. The highest BCUT2D eigenvalue weighted by molar-refractivity contribution is 5.92. The molecule has 0 unspecified atom stereocenters. The lowest BCUT2D eigenvalue weighted by Gasteiger charge is -2.59. The summed E-state index contributed by atoms with van der Waals surface area (Å²) in [5, 5.41) is 6.45. The van der Waals surface area contributed by atoms with Crippen molar-refractivity contribution in [2.24, 2.45) is 28.8 Å². The second kappa shape index (κ2) is 10.8. The molecule has 1 saturated carbocycles. The van der Waals surface area contributed by atoms with Gasteiger partial charge in [-0.2, -0.15) is 5.10 Å². The standard InChI is InChI=1S/C30H34FN3O7/c1-17-4-13-24-18(2)26(38-27-30(24)23(17)14-15-29(3,39-27)40-41-30)37-25(35)20-7-5-19(6-8-20)16-32-34-28(36)33-22-11-9-21(31)10-12-22/h5-12,16-18,23-24,26-27H,4,13-15H2,1-3H3,(H2,33,34,36)/b32-16+/t17-,18-,23+,24+,26-,27-,29-,30-/m1/s1. The van der Waals surface area contributed by atoms with Crippen molar-refractivity contribution in [3.05, 3.63) is 65.5 Å². The Balaban J connectivity index is 1.08. The van der Waals surface area contributed by atoms with Crippen LogP contribution in [-0.4, -0.2) is 42.2 Å². The van der Waals surface area contributed by atoms with Crippen molar-refractivity contribution < 1.29 is 38.0 Å². The van der Waals surface area contributed by atoms with E-state index in [9.17, 15) is 14.0 Å². The maximum absolute atomic E-state index is 13.1. The minimum Gasteiger partial charge on any atom is -0.432 e. The van der Waals surface area contributed by atoms with Gasteiger partial charge in [0.1, 0.15) is 5.82 Å². The molecule has 10 nitrogen and oxygen atoms in total. The van der Waals surface area contributed by atoms with Crippen molar-refractivity contribution in [3.63, 3.8) is 0 Å². The van der Waals surface area contributed by atoms with E-state index in [1.54, 1.807) is 24.3 Å². The van der Waals surface area contributed by atoms with Gasteiger partial charge in [0, 0.05) is 23.9 Å². The van der Waals surface area contributed by atoms with Gasteiger partial charge < -0.3 is 19.5 Å². The predicted octanol–water partition coefficient (Wildman–Crippen LogP) is 5.35. The Bertz CT molecular complexity index is 1320. The molecule has 8 atom stereocenters. The lowest BCUT2D eigenvalue weighted by atomic mass is 9.58. The van der Waals surface area contributed by atoms with E-state index in [1.165, 1.54) is 30.5 Å². The third-order valence-corrected chi connectivity index (χ3v) is 8.95. The van der Waals surface area contributed by atoms with Gasteiger partial charge in [0.2, 0.25) is 12.1 Å². The van der Waals surface area contributed by atoms with E-state index in [4.69, 9.17) is 24.0 Å². The van der Waals surface area contributed by atoms with E-state index in [0.717, 1.165) is 19.3 Å². The maximum Gasteiger partial charge on any atom is 0.340 e. The molecule has 5 aliphatic rings. The lowest BCUT2D eigenvalue weighted by molar-refractivity contribution is -0.576. The Hall–Kier alpha value is -3.38. The number of benzene rings is 2. The summed E-state index contributed by atoms with van der Waals surface area (Å²) in [5.41, 5.74) is 3.05. The fourth-order valence-electron chi connectivity index (χ4n) is 6.74. The molecule has 5 fully saturated rings. The Morgan fingerprint density at radius 1 is 1.02 bits per heavy atom. The number of hydrazone groups is 1. The minimum absolute atomic E-state index is 0.0502. The van der Waals surface area contributed by atoms with E-state index in [2.05, 4.69) is 22.8 Å². The fourth-order valence-corrected chi connectivity index (χ4v) is 6.74. The number of carbonyl (C=O) groups excluding carboxylic acids is 2. The third-order valence-electron chi connectivity index (χ3n) is 8.95. The number of anilines is 1. The average Bonchev–Trinajstić information content (AvgIpc) is 3.19. The summed E-state index contributed by atoms with van der Waals surface area (Å²) >= 11 is 0. The molecule has 2 amide bonds. The number of carbonyl (C=O) groups is 2. The molecule has 0 radical (unpaired) electrons. The molecule has 2 N–H and O–H groups in total. The molecule has 2 aromatic carbocycles. The normalized spacial score (nSPS) is 35.8. The van der Waals surface area contributed by atoms with Gasteiger partial charge in [-0.05, 0) is 80.0 Å². The van der Waals surface area contributed by atoms with E-state index in [0.29, 0.717) is 29.2 Å². The Kier molecular flexibility index (Phi) is 7.31. The van der Waals surface area contributed by atoms with Crippen LogP contribution in [-0.2, 0) is 24.0 Å². The third kappa shape index (κ3) is 5.23. The molecule has 218 valence electrons. The van der Waals surface area contributed by atoms with E-state index in [-0.39, 0.29) is 17.8 Å². The maximum atomic E-state index is 13.1. The van der Waals surface area contributed by atoms with Crippen LogP contribution in [0.25, 0.3) is 0 Å². The predicted molar refractivity (Wildman–Crippen MR) is 145 cm³/mol. The van der Waals surface area contributed by atoms with Crippen LogP contribution in [0.1, 0.15) is 62.4 Å². The second-order valence-corrected chi connectivity index (χ2v) is 11.6. The first kappa shape index (κ1) is 27.8. The minimum atomic E-state index is -0.902. The van der Waals surface area contributed by atoms with Gasteiger partial charge >= 0.3 is 12.0 Å². The van der Waals surface area contributed by atoms with Gasteiger partial charge in [-0.1, -0.05) is 26.0 Å². The van der Waals surface area contributed by atoms with Crippen molar-refractivity contribution in [2.45, 2.75) is 70.4 Å². The SMILES string of the molecule is C[C@H]1[C@H](OC(=O)c2ccc(/C=N/NC(=O)Nc3ccc(F)cc3)cc2)O[C@@H]2O[C@@]3(C)CC[C@H]4[C@H](C)CC[C@@H]1[C@@]24OO3. The molecule has 4 aliphatic heterocycles. The van der Waals surface area contributed by atoms with E-state index in [1.807, 2.05) is 13.8 Å². The number of urea groups is 1. The van der Waals surface area contributed by atoms with Gasteiger partial charge in [0.15, 0.2) is 11.9 Å². The van der Waals surface area contributed by atoms with Crippen LogP contribution in [0.2, 0.25) is 0 Å². The van der Waals surface area contributed by atoms with E-state index >= 15 is 0 Å². The molecule has 41 heavy (non-hydrogen) atoms. The number of halogens is 1. The summed E-state index contributed by atoms with van der Waals surface area (Å²) < 4.78 is 31.6. The van der Waals surface area contributed by atoms with Gasteiger partial charge in [0.25, 0.3) is 0 Å². The Morgan fingerprint density at radius 3 is 2.54 bits per heavy atom. The van der Waals surface area contributed by atoms with E-state index < -0.39 is 41.8 Å². The smallest absolute Gasteiger partial charge is 0.340 e. The highest BCUT2D eigenvalue weighted by Crippen LogP contribution is 2.60. The first-order chi connectivity index (χ1) is 19.7. The highest BCUT2D eigenvalue weighted by atomic mass is 19.1. The summed E-state index contributed by atoms with van der Waals surface area (Å²) in [4.78, 5) is 37.1. The molecule has 0 aromatic heterocycles. The quantitative estimate of drug-likeness (QED) is 0.217. The zero-order chi connectivity index (χ0) is 28.8. The van der Waals surface area contributed by atoms with Crippen molar-refractivity contribution in [1.29, 1.82) is 0 Å². The van der Waals surface area contributed by atoms with Crippen LogP contribution >= 0.6 is 0 Å². The van der Waals surface area contributed by atoms with Gasteiger partial charge in [0.05, 0.1) is 11.8 Å². The number of ether oxygens (including phenoxy) is 3. The van der Waals surface area contributed by atoms with Gasteiger partial charge in [-0.15, -0.1) is 0 Å². The van der Waals surface area contributed by atoms with Crippen LogP contribution in [0.5, 0.6) is 0 Å². The number of esters is 1. The Labute approximate surface area is 237 Å². The van der Waals surface area contributed by atoms with Gasteiger partial charge in [-0.25, -0.2) is 29.2 Å². The number of rotatable bonds is 5. The molecular formula is C30H34FN3O7. The summed E-state index contributed by atoms with van der Waals surface area (Å²) in [6.45, 7) is 6.14. The van der Waals surface area contributed by atoms with Gasteiger partial charge in [-0.3, -0.25) is 0 Å². The molecule has 11 heteroatoms. The number of fused-ring (bicyclic) bond motifs is 2. The highest BCUT2D eigenvalue weighted by Gasteiger charge is 2.69. The molecule has 2 bridgehead atoms. The largest absolute Gasteiger partial charge is 0.432 e. The van der Waals surface area contributed by atoms with Crippen LogP contribution < -0.4 is 10.7 Å². The Morgan fingerprint density at radius 2 is 1.78 bits per heavy atom. The number of nitrogens with one attached hydrogen (secondary N) is 2. The van der Waals surface area contributed by atoms with Crippen LogP contribution in [0.4, 0.5) is 14.9 Å². The molecule has 1 aliphatic carbocycles. The zero-order valence-corrected chi connectivity index (χ0v) is 23.2. The zero-order valence-electron chi connectivity index (χ0n) is 23.2. The number of nitrogens with zero attached hydrogens (tertiary/aromatic N) is 1. The van der Waals surface area contributed by atoms with Crippen molar-refractivity contribution in [2.75, 3.05) is 5.32 Å². The van der Waals surface area contributed by atoms with Crippen LogP contribution in [0.3, 0.4) is 0 Å². The first-order valence-corrected chi connectivity index (χ1v) is 14.0. The van der Waals surface area contributed by atoms with Crippen LogP contribution in [0.15, 0.2) is 53.6 Å². The molecule has 1 spiro atoms. The average molecular weight is 568 g/mol. The molecular weight excluding hydrogens is 533 g/mol. The fraction of sp³-hybridized carbons (Fsp3) is 0.500.